The molecule has 0 radical (unpaired) electrons. The molecule has 0 aromatic heterocycles. The molecule has 4 rings (SSSR count). The number of ether oxygens (including phenoxy) is 1. The fraction of sp³-hybridized carbons (Fsp3) is 0.364. The third-order valence-corrected chi connectivity index (χ3v) is 6.34. The van der Waals surface area contributed by atoms with Gasteiger partial charge in [-0.05, 0) is 55.0 Å². The van der Waals surface area contributed by atoms with Gasteiger partial charge in [0.1, 0.15) is 5.82 Å². The van der Waals surface area contributed by atoms with Crippen LogP contribution in [0.5, 0.6) is 5.75 Å². The number of fused-ring (bicyclic) bond motifs is 3. The molecule has 2 aromatic carbocycles. The van der Waals surface area contributed by atoms with Crippen LogP contribution in [0.4, 0.5) is 8.78 Å². The van der Waals surface area contributed by atoms with Gasteiger partial charge in [-0.2, -0.15) is 0 Å². The number of halogens is 3. The lowest BCUT2D eigenvalue weighted by atomic mass is 9.55. The maximum absolute atomic E-state index is 15.0. The van der Waals surface area contributed by atoms with E-state index in [1.54, 1.807) is 0 Å². The molecular formula is C22H21ClF2O. The summed E-state index contributed by atoms with van der Waals surface area (Å²) in [5.41, 5.74) is 0.973. The van der Waals surface area contributed by atoms with Crippen LogP contribution in [0.1, 0.15) is 30.4 Å². The topological polar surface area (TPSA) is 9.23 Å². The van der Waals surface area contributed by atoms with E-state index in [1.165, 1.54) is 6.07 Å². The first-order valence-corrected chi connectivity index (χ1v) is 9.41. The fourth-order valence-corrected chi connectivity index (χ4v) is 5.04. The first-order valence-electron chi connectivity index (χ1n) is 9.03. The minimum absolute atomic E-state index is 0.0771. The molecule has 3 atom stereocenters. The normalized spacial score (nSPS) is 27.2. The van der Waals surface area contributed by atoms with Crippen molar-refractivity contribution in [1.29, 1.82) is 0 Å². The van der Waals surface area contributed by atoms with Gasteiger partial charge < -0.3 is 4.74 Å². The van der Waals surface area contributed by atoms with Crippen LogP contribution < -0.4 is 4.74 Å². The summed E-state index contributed by atoms with van der Waals surface area (Å²) in [5.74, 6) is -0.485. The molecule has 1 nitrogen and oxygen atoms in total. The van der Waals surface area contributed by atoms with E-state index in [1.807, 2.05) is 30.3 Å². The molecule has 4 heteroatoms. The van der Waals surface area contributed by atoms with Gasteiger partial charge in [-0.3, -0.25) is 0 Å². The summed E-state index contributed by atoms with van der Waals surface area (Å²) in [4.78, 5) is 0. The maximum atomic E-state index is 15.0. The van der Waals surface area contributed by atoms with Gasteiger partial charge in [0.05, 0.1) is 6.61 Å². The standard InChI is InChI=1S/C22H21ClF2O/c1-2-15-4-3-11-22(12-14-5-7-16(23)8-6-14)17(15)13-26-21-19(25)10-9-18(24)20(21)22/h2,5-10,15,17H,1,3-4,11-13H2/t15-,17+,22+/m1/s1. The van der Waals surface area contributed by atoms with Crippen LogP contribution in [0, 0.1) is 23.5 Å². The Kier molecular flexibility index (Phi) is 4.52. The first-order chi connectivity index (χ1) is 12.5. The van der Waals surface area contributed by atoms with Crippen molar-refractivity contribution in [1.82, 2.24) is 0 Å². The number of hydrogen-bond acceptors (Lipinski definition) is 1. The van der Waals surface area contributed by atoms with E-state index in [9.17, 15) is 8.78 Å². The zero-order chi connectivity index (χ0) is 18.3. The van der Waals surface area contributed by atoms with Crippen molar-refractivity contribution in [2.24, 2.45) is 11.8 Å². The van der Waals surface area contributed by atoms with Crippen molar-refractivity contribution in [2.45, 2.75) is 31.1 Å². The molecule has 136 valence electrons. The lowest BCUT2D eigenvalue weighted by molar-refractivity contribution is 0.0505. The Bertz CT molecular complexity index is 833. The van der Waals surface area contributed by atoms with Crippen LogP contribution >= 0.6 is 11.6 Å². The molecule has 1 aliphatic carbocycles. The third-order valence-electron chi connectivity index (χ3n) is 6.09. The Balaban J connectivity index is 1.89. The largest absolute Gasteiger partial charge is 0.490 e. The van der Waals surface area contributed by atoms with Crippen molar-refractivity contribution < 1.29 is 13.5 Å². The number of hydrogen-bond donors (Lipinski definition) is 0. The predicted molar refractivity (Wildman–Crippen MR) is 99.7 cm³/mol. The van der Waals surface area contributed by atoms with Crippen molar-refractivity contribution in [3.05, 3.63) is 76.8 Å². The Morgan fingerprint density at radius 3 is 2.62 bits per heavy atom. The second kappa shape index (κ2) is 6.70. The summed E-state index contributed by atoms with van der Waals surface area (Å²) in [6.07, 6.45) is 5.35. The van der Waals surface area contributed by atoms with Crippen molar-refractivity contribution in [3.63, 3.8) is 0 Å². The summed E-state index contributed by atoms with van der Waals surface area (Å²) in [6, 6.07) is 10.0. The molecule has 0 bridgehead atoms. The monoisotopic (exact) mass is 374 g/mol. The van der Waals surface area contributed by atoms with Gasteiger partial charge in [-0.25, -0.2) is 8.78 Å². The number of rotatable bonds is 3. The minimum atomic E-state index is -0.495. The third kappa shape index (κ3) is 2.73. The predicted octanol–water partition coefficient (Wildman–Crippen LogP) is 6.09. The first kappa shape index (κ1) is 17.5. The molecule has 0 N–H and O–H groups in total. The van der Waals surface area contributed by atoms with Crippen LogP contribution in [0.3, 0.4) is 0 Å². The Hall–Kier alpha value is -1.87. The average Bonchev–Trinajstić information content (AvgIpc) is 2.65. The summed E-state index contributed by atoms with van der Waals surface area (Å²) in [6.45, 7) is 4.37. The van der Waals surface area contributed by atoms with Crippen LogP contribution in [0.25, 0.3) is 0 Å². The minimum Gasteiger partial charge on any atom is -0.490 e. The highest BCUT2D eigenvalue weighted by Crippen LogP contribution is 2.55. The van der Waals surface area contributed by atoms with Crippen LogP contribution in [-0.2, 0) is 11.8 Å². The smallest absolute Gasteiger partial charge is 0.165 e. The highest BCUT2D eigenvalue weighted by molar-refractivity contribution is 6.30. The van der Waals surface area contributed by atoms with E-state index in [2.05, 4.69) is 6.58 Å². The molecule has 1 aliphatic heterocycles. The van der Waals surface area contributed by atoms with Gasteiger partial charge in [0.25, 0.3) is 0 Å². The molecule has 0 saturated heterocycles. The van der Waals surface area contributed by atoms with Crippen molar-refractivity contribution in [3.8, 4) is 5.75 Å². The fourth-order valence-electron chi connectivity index (χ4n) is 4.91. The van der Waals surface area contributed by atoms with Gasteiger partial charge >= 0.3 is 0 Å². The van der Waals surface area contributed by atoms with Crippen LogP contribution in [0.2, 0.25) is 5.02 Å². The number of allylic oxidation sites excluding steroid dienone is 1. The summed E-state index contributed by atoms with van der Waals surface area (Å²) < 4.78 is 35.1. The molecule has 1 heterocycles. The van der Waals surface area contributed by atoms with E-state index >= 15 is 0 Å². The van der Waals surface area contributed by atoms with Crippen molar-refractivity contribution >= 4 is 11.6 Å². The summed E-state index contributed by atoms with van der Waals surface area (Å²) in [5, 5.41) is 0.667. The summed E-state index contributed by atoms with van der Waals surface area (Å²) in [7, 11) is 0. The van der Waals surface area contributed by atoms with Gasteiger partial charge in [-0.15, -0.1) is 6.58 Å². The quantitative estimate of drug-likeness (QED) is 0.590. The molecule has 0 spiro atoms. The van der Waals surface area contributed by atoms with Gasteiger partial charge in [-0.1, -0.05) is 36.2 Å². The van der Waals surface area contributed by atoms with E-state index in [4.69, 9.17) is 16.3 Å². The summed E-state index contributed by atoms with van der Waals surface area (Å²) >= 11 is 6.02. The van der Waals surface area contributed by atoms with Gasteiger partial charge in [0.15, 0.2) is 11.6 Å². The molecule has 2 aromatic rings. The Morgan fingerprint density at radius 2 is 1.88 bits per heavy atom. The van der Waals surface area contributed by atoms with Crippen LogP contribution in [-0.4, -0.2) is 6.61 Å². The molecule has 2 aliphatic rings. The molecule has 0 amide bonds. The van der Waals surface area contributed by atoms with E-state index < -0.39 is 11.2 Å². The maximum Gasteiger partial charge on any atom is 0.165 e. The number of benzene rings is 2. The SMILES string of the molecule is C=C[C@@H]1CCC[C@@]2(Cc3ccc(Cl)cc3)c3c(F)ccc(F)c3OC[C@@H]12. The average molecular weight is 375 g/mol. The van der Waals surface area contributed by atoms with Crippen molar-refractivity contribution in [2.75, 3.05) is 6.61 Å². The highest BCUT2D eigenvalue weighted by Gasteiger charge is 2.52. The molecule has 26 heavy (non-hydrogen) atoms. The zero-order valence-corrected chi connectivity index (χ0v) is 15.2. The Morgan fingerprint density at radius 1 is 1.15 bits per heavy atom. The van der Waals surface area contributed by atoms with Crippen LogP contribution in [0.15, 0.2) is 49.1 Å². The molecule has 0 unspecified atom stereocenters. The lowest BCUT2D eigenvalue weighted by Gasteiger charge is -2.51. The second-order valence-corrected chi connectivity index (χ2v) is 7.84. The molecular weight excluding hydrogens is 354 g/mol. The second-order valence-electron chi connectivity index (χ2n) is 7.40. The van der Waals surface area contributed by atoms with Gasteiger partial charge in [0, 0.05) is 21.9 Å². The molecule has 1 saturated carbocycles. The van der Waals surface area contributed by atoms with Gasteiger partial charge in [0.2, 0.25) is 0 Å². The molecule has 1 fully saturated rings. The highest BCUT2D eigenvalue weighted by atomic mass is 35.5. The van der Waals surface area contributed by atoms with E-state index in [0.717, 1.165) is 30.9 Å². The zero-order valence-electron chi connectivity index (χ0n) is 14.5. The van der Waals surface area contributed by atoms with E-state index in [-0.39, 0.29) is 23.4 Å². The van der Waals surface area contributed by atoms with E-state index in [0.29, 0.717) is 23.6 Å². The lowest BCUT2D eigenvalue weighted by Crippen LogP contribution is -2.50. The Labute approximate surface area is 157 Å².